The van der Waals surface area contributed by atoms with Crippen molar-refractivity contribution in [3.63, 3.8) is 0 Å². The molecular formula is C13H17N3O. The fraction of sp³-hybridized carbons (Fsp3) is 0.308. The first-order valence-corrected chi connectivity index (χ1v) is 5.58. The van der Waals surface area contributed by atoms with Gasteiger partial charge >= 0.3 is 0 Å². The Balaban J connectivity index is 2.02. The lowest BCUT2D eigenvalue weighted by molar-refractivity contribution is 0.397. The van der Waals surface area contributed by atoms with Gasteiger partial charge in [0.15, 0.2) is 0 Å². The van der Waals surface area contributed by atoms with Crippen LogP contribution < -0.4 is 10.2 Å². The molecule has 2 heterocycles. The topological polar surface area (TPSA) is 39.1 Å². The highest BCUT2D eigenvalue weighted by atomic mass is 16.5. The molecule has 0 aliphatic carbocycles. The van der Waals surface area contributed by atoms with Crippen LogP contribution >= 0.6 is 0 Å². The van der Waals surface area contributed by atoms with E-state index >= 15 is 0 Å². The van der Waals surface area contributed by atoms with Gasteiger partial charge in [-0.1, -0.05) is 6.07 Å². The second kappa shape index (κ2) is 4.91. The van der Waals surface area contributed by atoms with Gasteiger partial charge in [-0.05, 0) is 31.5 Å². The number of methoxy groups -OCH3 is 1. The Hall–Kier alpha value is -1.97. The van der Waals surface area contributed by atoms with E-state index in [1.807, 2.05) is 18.3 Å². The van der Waals surface area contributed by atoms with Gasteiger partial charge in [-0.15, -0.1) is 0 Å². The molecule has 4 heteroatoms. The van der Waals surface area contributed by atoms with Crippen LogP contribution in [0.5, 0.6) is 5.88 Å². The zero-order chi connectivity index (χ0) is 12.3. The molecule has 0 atom stereocenters. The third-order valence-corrected chi connectivity index (χ3v) is 2.72. The quantitative estimate of drug-likeness (QED) is 0.877. The Bertz CT molecular complexity index is 468. The number of aromatic nitrogens is 2. The number of hydrogen-bond donors (Lipinski definition) is 1. The Morgan fingerprint density at radius 3 is 2.41 bits per heavy atom. The standard InChI is InChI=1S/C13H17N3O/c1-10-4-5-11(2)16(10)15-9-12-6-7-13(17-3)14-8-12/h4-8,15H,9H2,1-3H3. The van der Waals surface area contributed by atoms with E-state index in [1.54, 1.807) is 7.11 Å². The maximum absolute atomic E-state index is 5.02. The first-order chi connectivity index (χ1) is 8.20. The summed E-state index contributed by atoms with van der Waals surface area (Å²) in [6, 6.07) is 8.06. The molecular weight excluding hydrogens is 214 g/mol. The minimum Gasteiger partial charge on any atom is -0.481 e. The molecule has 0 fully saturated rings. The predicted molar refractivity (Wildman–Crippen MR) is 67.8 cm³/mol. The van der Waals surface area contributed by atoms with Crippen molar-refractivity contribution in [3.8, 4) is 5.88 Å². The molecule has 0 aliphatic heterocycles. The number of nitrogens with zero attached hydrogens (tertiary/aromatic N) is 2. The van der Waals surface area contributed by atoms with Crippen LogP contribution in [0.15, 0.2) is 30.5 Å². The first kappa shape index (κ1) is 11.5. The summed E-state index contributed by atoms with van der Waals surface area (Å²) < 4.78 is 7.09. The van der Waals surface area contributed by atoms with Crippen molar-refractivity contribution in [1.29, 1.82) is 0 Å². The Labute approximate surface area is 101 Å². The fourth-order valence-corrected chi connectivity index (χ4v) is 1.72. The second-order valence-corrected chi connectivity index (χ2v) is 4.00. The highest BCUT2D eigenvalue weighted by Crippen LogP contribution is 2.08. The van der Waals surface area contributed by atoms with Gasteiger partial charge in [0.1, 0.15) is 0 Å². The maximum Gasteiger partial charge on any atom is 0.212 e. The molecule has 0 amide bonds. The molecule has 17 heavy (non-hydrogen) atoms. The summed E-state index contributed by atoms with van der Waals surface area (Å²) in [5.41, 5.74) is 6.87. The second-order valence-electron chi connectivity index (χ2n) is 4.00. The van der Waals surface area contributed by atoms with Crippen molar-refractivity contribution in [3.05, 3.63) is 47.4 Å². The molecule has 0 bridgehead atoms. The number of rotatable bonds is 4. The number of hydrogen-bond acceptors (Lipinski definition) is 3. The Kier molecular flexibility index (Phi) is 3.32. The van der Waals surface area contributed by atoms with Gasteiger partial charge in [0, 0.05) is 23.7 Å². The number of nitrogens with one attached hydrogen (secondary N) is 1. The van der Waals surface area contributed by atoms with Crippen LogP contribution in [-0.4, -0.2) is 16.8 Å². The number of ether oxygens (including phenoxy) is 1. The van der Waals surface area contributed by atoms with Gasteiger partial charge in [-0.2, -0.15) is 0 Å². The van der Waals surface area contributed by atoms with E-state index < -0.39 is 0 Å². The van der Waals surface area contributed by atoms with Crippen molar-refractivity contribution in [2.45, 2.75) is 20.4 Å². The predicted octanol–water partition coefficient (Wildman–Crippen LogP) is 2.25. The molecule has 0 aromatic carbocycles. The van der Waals surface area contributed by atoms with E-state index in [1.165, 1.54) is 11.4 Å². The van der Waals surface area contributed by atoms with Crippen molar-refractivity contribution in [1.82, 2.24) is 9.66 Å². The highest BCUT2D eigenvalue weighted by molar-refractivity contribution is 5.20. The summed E-state index contributed by atoms with van der Waals surface area (Å²) in [7, 11) is 1.62. The molecule has 0 radical (unpaired) electrons. The summed E-state index contributed by atoms with van der Waals surface area (Å²) in [5.74, 6) is 0.641. The molecule has 2 aromatic rings. The molecule has 90 valence electrons. The maximum atomic E-state index is 5.02. The van der Waals surface area contributed by atoms with Crippen molar-refractivity contribution < 1.29 is 4.74 Å². The summed E-state index contributed by atoms with van der Waals surface area (Å²) in [6.07, 6.45) is 1.82. The molecule has 0 spiro atoms. The summed E-state index contributed by atoms with van der Waals surface area (Å²) in [6.45, 7) is 4.89. The van der Waals surface area contributed by atoms with Crippen molar-refractivity contribution >= 4 is 0 Å². The molecule has 2 aromatic heterocycles. The third-order valence-electron chi connectivity index (χ3n) is 2.72. The molecule has 0 saturated carbocycles. The van der Waals surface area contributed by atoms with E-state index in [9.17, 15) is 0 Å². The van der Waals surface area contributed by atoms with Gasteiger partial charge in [-0.3, -0.25) is 4.68 Å². The van der Waals surface area contributed by atoms with Crippen LogP contribution in [0.4, 0.5) is 0 Å². The SMILES string of the molecule is COc1ccc(CNn2c(C)ccc2C)cn1. The van der Waals surface area contributed by atoms with Gasteiger partial charge in [0.2, 0.25) is 5.88 Å². The molecule has 0 unspecified atom stereocenters. The molecule has 2 rings (SSSR count). The summed E-state index contributed by atoms with van der Waals surface area (Å²) in [4.78, 5) is 4.17. The van der Waals surface area contributed by atoms with Crippen LogP contribution in [0, 0.1) is 13.8 Å². The van der Waals surface area contributed by atoms with Crippen molar-refractivity contribution in [2.75, 3.05) is 12.5 Å². The summed E-state index contributed by atoms with van der Waals surface area (Å²) >= 11 is 0. The normalized spacial score (nSPS) is 10.3. The minimum absolute atomic E-state index is 0.641. The van der Waals surface area contributed by atoms with Crippen LogP contribution in [-0.2, 0) is 6.54 Å². The zero-order valence-corrected chi connectivity index (χ0v) is 10.4. The van der Waals surface area contributed by atoms with Crippen molar-refractivity contribution in [2.24, 2.45) is 0 Å². The van der Waals surface area contributed by atoms with Gasteiger partial charge < -0.3 is 10.2 Å². The highest BCUT2D eigenvalue weighted by Gasteiger charge is 2.00. The average Bonchev–Trinajstić information content (AvgIpc) is 2.67. The Morgan fingerprint density at radius 1 is 1.18 bits per heavy atom. The van der Waals surface area contributed by atoms with E-state index in [0.29, 0.717) is 5.88 Å². The molecule has 1 N–H and O–H groups in total. The average molecular weight is 231 g/mol. The lowest BCUT2D eigenvalue weighted by atomic mass is 10.3. The molecule has 4 nitrogen and oxygen atoms in total. The van der Waals surface area contributed by atoms with E-state index in [4.69, 9.17) is 4.74 Å². The summed E-state index contributed by atoms with van der Waals surface area (Å²) in [5, 5.41) is 0. The van der Waals surface area contributed by atoms with Crippen LogP contribution in [0.25, 0.3) is 0 Å². The molecule has 0 aliphatic rings. The zero-order valence-electron chi connectivity index (χ0n) is 10.4. The number of aryl methyl sites for hydroxylation is 2. The third kappa shape index (κ3) is 2.58. The van der Waals surface area contributed by atoms with Crippen LogP contribution in [0.1, 0.15) is 17.0 Å². The van der Waals surface area contributed by atoms with Gasteiger partial charge in [0.25, 0.3) is 0 Å². The largest absolute Gasteiger partial charge is 0.481 e. The lowest BCUT2D eigenvalue weighted by Gasteiger charge is -2.12. The number of pyridine rings is 1. The Morgan fingerprint density at radius 2 is 1.88 bits per heavy atom. The lowest BCUT2D eigenvalue weighted by Crippen LogP contribution is -2.16. The van der Waals surface area contributed by atoms with E-state index in [2.05, 4.69) is 41.1 Å². The smallest absolute Gasteiger partial charge is 0.212 e. The van der Waals surface area contributed by atoms with E-state index in [-0.39, 0.29) is 0 Å². The first-order valence-electron chi connectivity index (χ1n) is 5.58. The van der Waals surface area contributed by atoms with Gasteiger partial charge in [0.05, 0.1) is 13.7 Å². The van der Waals surface area contributed by atoms with E-state index in [0.717, 1.165) is 12.1 Å². The minimum atomic E-state index is 0.641. The fourth-order valence-electron chi connectivity index (χ4n) is 1.72. The van der Waals surface area contributed by atoms with Crippen LogP contribution in [0.3, 0.4) is 0 Å². The van der Waals surface area contributed by atoms with Gasteiger partial charge in [-0.25, -0.2) is 4.98 Å². The monoisotopic (exact) mass is 231 g/mol. The molecule has 0 saturated heterocycles. The van der Waals surface area contributed by atoms with Crippen LogP contribution in [0.2, 0.25) is 0 Å².